The Labute approximate surface area is 183 Å². The van der Waals surface area contributed by atoms with E-state index in [0.717, 1.165) is 11.3 Å². The number of fused-ring (bicyclic) bond motifs is 3. The summed E-state index contributed by atoms with van der Waals surface area (Å²) in [4.78, 5) is 29.7. The van der Waals surface area contributed by atoms with E-state index in [1.807, 2.05) is 24.3 Å². The Morgan fingerprint density at radius 3 is 2.00 bits per heavy atom. The monoisotopic (exact) mass is 434 g/mol. The van der Waals surface area contributed by atoms with Gasteiger partial charge in [-0.25, -0.2) is 8.78 Å². The maximum absolute atomic E-state index is 13.3. The van der Waals surface area contributed by atoms with Crippen LogP contribution in [0.3, 0.4) is 0 Å². The van der Waals surface area contributed by atoms with E-state index in [0.29, 0.717) is 11.1 Å². The minimum absolute atomic E-state index is 0.127. The summed E-state index contributed by atoms with van der Waals surface area (Å²) in [6, 6.07) is 17.3. The van der Waals surface area contributed by atoms with Gasteiger partial charge in [-0.15, -0.1) is 0 Å². The Morgan fingerprint density at radius 2 is 1.41 bits per heavy atom. The number of amides is 2. The van der Waals surface area contributed by atoms with Gasteiger partial charge in [0.05, 0.1) is 18.7 Å². The average Bonchev–Trinajstić information content (AvgIpc) is 2.80. The van der Waals surface area contributed by atoms with E-state index in [1.165, 1.54) is 48.5 Å². The number of carbonyl (C=O) groups excluding carboxylic acids is 2. The quantitative estimate of drug-likeness (QED) is 0.685. The van der Waals surface area contributed by atoms with E-state index in [2.05, 4.69) is 0 Å². The number of rotatable bonds is 3. The molecule has 32 heavy (non-hydrogen) atoms. The van der Waals surface area contributed by atoms with Crippen molar-refractivity contribution >= 4 is 17.5 Å². The van der Waals surface area contributed by atoms with E-state index in [-0.39, 0.29) is 36.9 Å². The van der Waals surface area contributed by atoms with Crippen LogP contribution in [0.25, 0.3) is 0 Å². The third kappa shape index (κ3) is 3.17. The van der Waals surface area contributed by atoms with Gasteiger partial charge < -0.3 is 14.9 Å². The molecule has 2 aliphatic heterocycles. The van der Waals surface area contributed by atoms with Crippen molar-refractivity contribution in [1.29, 1.82) is 0 Å². The molecule has 162 valence electrons. The van der Waals surface area contributed by atoms with Gasteiger partial charge in [-0.05, 0) is 60.2 Å². The van der Waals surface area contributed by atoms with Crippen LogP contribution in [0.1, 0.15) is 32.2 Å². The van der Waals surface area contributed by atoms with Crippen molar-refractivity contribution in [3.63, 3.8) is 0 Å². The van der Waals surface area contributed by atoms with E-state index in [1.54, 1.807) is 9.80 Å². The summed E-state index contributed by atoms with van der Waals surface area (Å²) >= 11 is 0. The molecule has 1 saturated heterocycles. The number of benzene rings is 3. The summed E-state index contributed by atoms with van der Waals surface area (Å²) in [6.07, 6.45) is 0. The molecule has 0 spiro atoms. The second kappa shape index (κ2) is 7.84. The van der Waals surface area contributed by atoms with Crippen LogP contribution in [0.2, 0.25) is 0 Å². The number of para-hydroxylation sites is 1. The molecule has 1 fully saturated rings. The number of carbonyl (C=O) groups is 2. The minimum atomic E-state index is -0.443. The number of likely N-dealkylation sites (tertiary alicyclic amines) is 1. The zero-order chi connectivity index (χ0) is 22.4. The van der Waals surface area contributed by atoms with Gasteiger partial charge in [0.15, 0.2) is 0 Å². The molecule has 5 rings (SSSR count). The van der Waals surface area contributed by atoms with Crippen LogP contribution in [0.4, 0.5) is 14.5 Å². The molecule has 3 aromatic carbocycles. The third-order valence-electron chi connectivity index (χ3n) is 6.35. The van der Waals surface area contributed by atoms with Crippen LogP contribution >= 0.6 is 0 Å². The van der Waals surface area contributed by atoms with Crippen LogP contribution in [-0.2, 0) is 0 Å². The van der Waals surface area contributed by atoms with E-state index in [9.17, 15) is 23.5 Å². The standard InChI is InChI=1S/C25H20F2N2O3/c26-17-9-5-15(6-10-17)24(31)28-13-21-23(19-3-1-2-4-20(19)28)22(14-30)29(21)25(32)16-7-11-18(27)12-8-16/h1-12,21-23,30H,13-14H2/t21-,22-,23+/m0/s1. The van der Waals surface area contributed by atoms with Crippen molar-refractivity contribution in [3.05, 3.63) is 101 Å². The van der Waals surface area contributed by atoms with Gasteiger partial charge >= 0.3 is 0 Å². The fourth-order valence-corrected chi connectivity index (χ4v) is 4.85. The minimum Gasteiger partial charge on any atom is -0.394 e. The molecule has 0 bridgehead atoms. The highest BCUT2D eigenvalue weighted by Gasteiger charge is 2.55. The van der Waals surface area contributed by atoms with Crippen LogP contribution in [0, 0.1) is 11.6 Å². The lowest BCUT2D eigenvalue weighted by Crippen LogP contribution is -2.70. The van der Waals surface area contributed by atoms with Crippen LogP contribution in [0.15, 0.2) is 72.8 Å². The highest BCUT2D eigenvalue weighted by atomic mass is 19.1. The first kappa shape index (κ1) is 20.3. The number of aliphatic hydroxyl groups is 1. The molecule has 5 nitrogen and oxygen atoms in total. The summed E-state index contributed by atoms with van der Waals surface area (Å²) in [5, 5.41) is 10.1. The van der Waals surface area contributed by atoms with E-state index in [4.69, 9.17) is 0 Å². The molecule has 7 heteroatoms. The SMILES string of the molecule is O=C(c1ccc(F)cc1)N1C[C@H]2[C@@H](c3ccccc31)[C@H](CO)N2C(=O)c1ccc(F)cc1. The second-order valence-electron chi connectivity index (χ2n) is 8.04. The van der Waals surface area contributed by atoms with Gasteiger partial charge in [0, 0.05) is 29.3 Å². The lowest BCUT2D eigenvalue weighted by atomic mass is 9.71. The fraction of sp³-hybridized carbons (Fsp3) is 0.200. The van der Waals surface area contributed by atoms with Crippen molar-refractivity contribution in [3.8, 4) is 0 Å². The van der Waals surface area contributed by atoms with Gasteiger partial charge in [0.1, 0.15) is 11.6 Å². The second-order valence-corrected chi connectivity index (χ2v) is 8.04. The Kier molecular flexibility index (Phi) is 4.98. The normalized spacial score (nSPS) is 21.4. The highest BCUT2D eigenvalue weighted by molar-refractivity contribution is 6.07. The Balaban J connectivity index is 1.52. The van der Waals surface area contributed by atoms with Crippen molar-refractivity contribution in [2.45, 2.75) is 18.0 Å². The summed E-state index contributed by atoms with van der Waals surface area (Å²) in [6.45, 7) is 0.00959. The van der Waals surface area contributed by atoms with Gasteiger partial charge in [-0.2, -0.15) is 0 Å². The lowest BCUT2D eigenvalue weighted by molar-refractivity contribution is -0.0246. The van der Waals surface area contributed by atoms with E-state index >= 15 is 0 Å². The number of aliphatic hydroxyl groups excluding tert-OH is 1. The number of anilines is 1. The molecule has 0 aliphatic carbocycles. The lowest BCUT2D eigenvalue weighted by Gasteiger charge is -2.58. The molecule has 1 N–H and O–H groups in total. The largest absolute Gasteiger partial charge is 0.394 e. The first-order valence-electron chi connectivity index (χ1n) is 10.3. The van der Waals surface area contributed by atoms with E-state index < -0.39 is 17.7 Å². The zero-order valence-corrected chi connectivity index (χ0v) is 17.0. The number of halogens is 2. The fourth-order valence-electron chi connectivity index (χ4n) is 4.85. The number of nitrogens with zero attached hydrogens (tertiary/aromatic N) is 2. The molecule has 0 radical (unpaired) electrons. The maximum atomic E-state index is 13.3. The molecule has 3 aromatic rings. The molecule has 0 unspecified atom stereocenters. The number of hydrogen-bond acceptors (Lipinski definition) is 3. The Bertz CT molecular complexity index is 1180. The summed E-state index contributed by atoms with van der Waals surface area (Å²) in [7, 11) is 0. The van der Waals surface area contributed by atoms with Crippen molar-refractivity contribution in [2.75, 3.05) is 18.1 Å². The molecule has 3 atom stereocenters. The molecule has 2 amide bonds. The van der Waals surface area contributed by atoms with Crippen LogP contribution < -0.4 is 4.90 Å². The predicted molar refractivity (Wildman–Crippen MR) is 114 cm³/mol. The van der Waals surface area contributed by atoms with Gasteiger partial charge in [0.25, 0.3) is 11.8 Å². The third-order valence-corrected chi connectivity index (χ3v) is 6.35. The van der Waals surface area contributed by atoms with Crippen molar-refractivity contribution < 1.29 is 23.5 Å². The Morgan fingerprint density at radius 1 is 0.844 bits per heavy atom. The van der Waals surface area contributed by atoms with Gasteiger partial charge in [-0.3, -0.25) is 9.59 Å². The first-order valence-corrected chi connectivity index (χ1v) is 10.3. The average molecular weight is 434 g/mol. The molecule has 0 aromatic heterocycles. The maximum Gasteiger partial charge on any atom is 0.258 e. The van der Waals surface area contributed by atoms with Crippen LogP contribution in [0.5, 0.6) is 0 Å². The molecular formula is C25H20F2N2O3. The molecule has 2 heterocycles. The van der Waals surface area contributed by atoms with Crippen molar-refractivity contribution in [1.82, 2.24) is 4.90 Å². The topological polar surface area (TPSA) is 60.9 Å². The number of hydrogen-bond donors (Lipinski definition) is 1. The molecular weight excluding hydrogens is 414 g/mol. The first-order chi connectivity index (χ1) is 15.5. The highest BCUT2D eigenvalue weighted by Crippen LogP contribution is 2.48. The van der Waals surface area contributed by atoms with Crippen LogP contribution in [-0.4, -0.2) is 47.1 Å². The smallest absolute Gasteiger partial charge is 0.258 e. The van der Waals surface area contributed by atoms with Gasteiger partial charge in [-0.1, -0.05) is 18.2 Å². The summed E-state index contributed by atoms with van der Waals surface area (Å²) < 4.78 is 26.7. The molecule has 0 saturated carbocycles. The Hall–Kier alpha value is -3.58. The van der Waals surface area contributed by atoms with Gasteiger partial charge in [0.2, 0.25) is 0 Å². The molecule has 2 aliphatic rings. The zero-order valence-electron chi connectivity index (χ0n) is 17.0. The summed E-state index contributed by atoms with van der Waals surface area (Å²) in [5.41, 5.74) is 2.25. The predicted octanol–water partition coefficient (Wildman–Crippen LogP) is 3.59. The van der Waals surface area contributed by atoms with Crippen molar-refractivity contribution in [2.24, 2.45) is 0 Å². The summed E-state index contributed by atoms with van der Waals surface area (Å²) in [5.74, 6) is -1.61.